The Labute approximate surface area is 96.1 Å². The van der Waals surface area contributed by atoms with Gasteiger partial charge in [0.15, 0.2) is 0 Å². The minimum absolute atomic E-state index is 0.00926. The van der Waals surface area contributed by atoms with Gasteiger partial charge in [0.05, 0.1) is 5.56 Å². The molecule has 0 aliphatic heterocycles. The molecule has 0 saturated carbocycles. The number of phenols is 1. The molecule has 0 aliphatic carbocycles. The number of benzene rings is 2. The zero-order valence-corrected chi connectivity index (χ0v) is 8.57. The second-order valence-corrected chi connectivity index (χ2v) is 3.43. The number of rotatable bonds is 1. The van der Waals surface area contributed by atoms with Crippen LogP contribution in [-0.4, -0.2) is 16.2 Å². The van der Waals surface area contributed by atoms with Gasteiger partial charge in [-0.15, -0.1) is 6.42 Å². The summed E-state index contributed by atoms with van der Waals surface area (Å²) in [6.07, 6.45) is 5.18. The Kier molecular flexibility index (Phi) is 2.45. The number of carboxylic acid groups (broad SMARTS) is 1. The van der Waals surface area contributed by atoms with Crippen LogP contribution in [0.15, 0.2) is 24.3 Å². The number of hydrogen-bond donors (Lipinski definition) is 2. The molecule has 0 aromatic heterocycles. The van der Waals surface area contributed by atoms with E-state index in [0.717, 1.165) is 6.07 Å². The van der Waals surface area contributed by atoms with Crippen LogP contribution in [-0.2, 0) is 0 Å². The summed E-state index contributed by atoms with van der Waals surface area (Å²) in [5.41, 5.74) is -0.288. The number of carbonyl (C=O) groups is 1. The van der Waals surface area contributed by atoms with Crippen LogP contribution in [0.2, 0.25) is 0 Å². The fourth-order valence-corrected chi connectivity index (χ4v) is 1.74. The van der Waals surface area contributed by atoms with Crippen LogP contribution in [0.5, 0.6) is 5.75 Å². The highest BCUT2D eigenvalue weighted by Gasteiger charge is 2.16. The molecule has 2 rings (SSSR count). The largest absolute Gasteiger partial charge is 0.507 e. The SMILES string of the molecule is C#Cc1c(F)ccc2c(C(=O)O)c(O)ccc12. The molecule has 2 aromatic carbocycles. The van der Waals surface area contributed by atoms with Crippen LogP contribution in [0.4, 0.5) is 4.39 Å². The lowest BCUT2D eigenvalue weighted by Crippen LogP contribution is -1.99. The summed E-state index contributed by atoms with van der Waals surface area (Å²) in [6, 6.07) is 4.96. The third-order valence-corrected chi connectivity index (χ3v) is 2.49. The molecule has 0 saturated heterocycles. The van der Waals surface area contributed by atoms with Crippen LogP contribution < -0.4 is 0 Å². The Balaban J connectivity index is 2.99. The lowest BCUT2D eigenvalue weighted by Gasteiger charge is -2.07. The van der Waals surface area contributed by atoms with Crippen molar-refractivity contribution in [3.63, 3.8) is 0 Å². The monoisotopic (exact) mass is 230 g/mol. The molecule has 0 aliphatic rings. The lowest BCUT2D eigenvalue weighted by molar-refractivity contribution is 0.0696. The van der Waals surface area contributed by atoms with E-state index in [1.807, 2.05) is 0 Å². The van der Waals surface area contributed by atoms with Gasteiger partial charge in [0.25, 0.3) is 0 Å². The molecule has 3 nitrogen and oxygen atoms in total. The van der Waals surface area contributed by atoms with Gasteiger partial charge in [-0.05, 0) is 18.2 Å². The van der Waals surface area contributed by atoms with Gasteiger partial charge in [-0.3, -0.25) is 0 Å². The van der Waals surface area contributed by atoms with E-state index in [1.54, 1.807) is 0 Å². The molecular weight excluding hydrogens is 223 g/mol. The summed E-state index contributed by atoms with van der Waals surface area (Å²) in [4.78, 5) is 11.0. The Hall–Kier alpha value is -2.54. The molecule has 4 heteroatoms. The maximum Gasteiger partial charge on any atom is 0.340 e. The first-order chi connectivity index (χ1) is 8.06. The average Bonchev–Trinajstić information content (AvgIpc) is 2.28. The van der Waals surface area contributed by atoms with Crippen molar-refractivity contribution in [1.82, 2.24) is 0 Å². The van der Waals surface area contributed by atoms with E-state index in [1.165, 1.54) is 18.2 Å². The maximum absolute atomic E-state index is 13.4. The van der Waals surface area contributed by atoms with Gasteiger partial charge in [-0.25, -0.2) is 9.18 Å². The molecule has 0 spiro atoms. The van der Waals surface area contributed by atoms with Crippen molar-refractivity contribution >= 4 is 16.7 Å². The van der Waals surface area contributed by atoms with E-state index in [-0.39, 0.29) is 22.3 Å². The Morgan fingerprint density at radius 2 is 1.88 bits per heavy atom. The van der Waals surface area contributed by atoms with Crippen molar-refractivity contribution in [2.75, 3.05) is 0 Å². The smallest absolute Gasteiger partial charge is 0.340 e. The number of carboxylic acids is 1. The summed E-state index contributed by atoms with van der Waals surface area (Å²) in [6.45, 7) is 0. The van der Waals surface area contributed by atoms with E-state index >= 15 is 0 Å². The number of fused-ring (bicyclic) bond motifs is 1. The van der Waals surface area contributed by atoms with E-state index in [0.29, 0.717) is 5.39 Å². The summed E-state index contributed by atoms with van der Waals surface area (Å²) < 4.78 is 13.4. The molecule has 0 unspecified atom stereocenters. The number of hydrogen-bond acceptors (Lipinski definition) is 2. The van der Waals surface area contributed by atoms with Gasteiger partial charge in [0.1, 0.15) is 17.1 Å². The van der Waals surface area contributed by atoms with Crippen LogP contribution >= 0.6 is 0 Å². The van der Waals surface area contributed by atoms with Crippen molar-refractivity contribution in [3.8, 4) is 18.1 Å². The summed E-state index contributed by atoms with van der Waals surface area (Å²) >= 11 is 0. The third-order valence-electron chi connectivity index (χ3n) is 2.49. The maximum atomic E-state index is 13.4. The highest BCUT2D eigenvalue weighted by molar-refractivity contribution is 6.07. The quantitative estimate of drug-likeness (QED) is 0.739. The van der Waals surface area contributed by atoms with Crippen molar-refractivity contribution in [2.45, 2.75) is 0 Å². The standard InChI is InChI=1S/C13H7FO3/c1-2-7-8-4-6-11(15)12(13(16)17)9(8)3-5-10(7)14/h1,3-6,15H,(H,16,17). The zero-order valence-electron chi connectivity index (χ0n) is 8.57. The van der Waals surface area contributed by atoms with Gasteiger partial charge in [-0.1, -0.05) is 12.0 Å². The second-order valence-electron chi connectivity index (χ2n) is 3.43. The van der Waals surface area contributed by atoms with E-state index in [9.17, 15) is 14.3 Å². The van der Waals surface area contributed by atoms with Gasteiger partial charge in [0, 0.05) is 10.8 Å². The number of halogens is 1. The van der Waals surface area contributed by atoms with E-state index in [4.69, 9.17) is 11.5 Å². The van der Waals surface area contributed by atoms with E-state index in [2.05, 4.69) is 5.92 Å². The molecule has 0 atom stereocenters. The van der Waals surface area contributed by atoms with Crippen molar-refractivity contribution in [1.29, 1.82) is 0 Å². The first-order valence-electron chi connectivity index (χ1n) is 4.70. The summed E-state index contributed by atoms with van der Waals surface area (Å²) in [5, 5.41) is 19.0. The predicted octanol–water partition coefficient (Wildman–Crippen LogP) is 2.36. The number of aromatic hydroxyl groups is 1. The zero-order chi connectivity index (χ0) is 12.6. The lowest BCUT2D eigenvalue weighted by atomic mass is 9.99. The molecule has 0 amide bonds. The van der Waals surface area contributed by atoms with Gasteiger partial charge in [-0.2, -0.15) is 0 Å². The average molecular weight is 230 g/mol. The first-order valence-corrected chi connectivity index (χ1v) is 4.70. The van der Waals surface area contributed by atoms with Crippen molar-refractivity contribution in [3.05, 3.63) is 41.2 Å². The predicted molar refractivity (Wildman–Crippen MR) is 60.5 cm³/mol. The molecule has 2 N–H and O–H groups in total. The minimum Gasteiger partial charge on any atom is -0.507 e. The number of aromatic carboxylic acids is 1. The van der Waals surface area contributed by atoms with Crippen LogP contribution in [0.3, 0.4) is 0 Å². The van der Waals surface area contributed by atoms with Crippen LogP contribution in [0.1, 0.15) is 15.9 Å². The molecule has 0 heterocycles. The first kappa shape index (κ1) is 11.0. The molecule has 0 radical (unpaired) electrons. The topological polar surface area (TPSA) is 57.5 Å². The fourth-order valence-electron chi connectivity index (χ4n) is 1.74. The van der Waals surface area contributed by atoms with Crippen molar-refractivity contribution < 1.29 is 19.4 Å². The minimum atomic E-state index is -1.29. The molecule has 17 heavy (non-hydrogen) atoms. The molecular formula is C13H7FO3. The fraction of sp³-hybridized carbons (Fsp3) is 0. The summed E-state index contributed by atoms with van der Waals surface area (Å²) in [5.74, 6) is -0.0856. The number of terminal acetylenes is 1. The van der Waals surface area contributed by atoms with Crippen LogP contribution in [0.25, 0.3) is 10.8 Å². The normalized spacial score (nSPS) is 10.1. The Bertz CT molecular complexity index is 668. The van der Waals surface area contributed by atoms with Gasteiger partial charge < -0.3 is 10.2 Å². The molecule has 84 valence electrons. The Morgan fingerprint density at radius 3 is 2.47 bits per heavy atom. The molecule has 2 aromatic rings. The third kappa shape index (κ3) is 1.58. The highest BCUT2D eigenvalue weighted by atomic mass is 19.1. The highest BCUT2D eigenvalue weighted by Crippen LogP contribution is 2.30. The summed E-state index contributed by atoms with van der Waals surface area (Å²) in [7, 11) is 0. The van der Waals surface area contributed by atoms with E-state index < -0.39 is 11.8 Å². The van der Waals surface area contributed by atoms with Crippen molar-refractivity contribution in [2.24, 2.45) is 0 Å². The van der Waals surface area contributed by atoms with Crippen LogP contribution in [0, 0.1) is 18.2 Å². The second kappa shape index (κ2) is 3.80. The molecule has 0 fully saturated rings. The molecule has 0 bridgehead atoms. The van der Waals surface area contributed by atoms with Gasteiger partial charge in [0.2, 0.25) is 0 Å². The Morgan fingerprint density at radius 1 is 1.24 bits per heavy atom. The van der Waals surface area contributed by atoms with Gasteiger partial charge >= 0.3 is 5.97 Å².